The van der Waals surface area contributed by atoms with Gasteiger partial charge >= 0.3 is 0 Å². The van der Waals surface area contributed by atoms with Crippen molar-refractivity contribution in [3.05, 3.63) is 50.9 Å². The molecule has 0 spiro atoms. The van der Waals surface area contributed by atoms with E-state index in [1.54, 1.807) is 23.0 Å². The van der Waals surface area contributed by atoms with Gasteiger partial charge in [-0.25, -0.2) is 9.97 Å². The third-order valence-electron chi connectivity index (χ3n) is 5.05. The number of hydrogen-bond acceptors (Lipinski definition) is 5. The average molecular weight is 365 g/mol. The van der Waals surface area contributed by atoms with Crippen molar-refractivity contribution in [3.63, 3.8) is 0 Å². The molecule has 7 heteroatoms. The summed E-state index contributed by atoms with van der Waals surface area (Å²) in [5.74, 6) is 1.41. The lowest BCUT2D eigenvalue weighted by Gasteiger charge is -2.11. The van der Waals surface area contributed by atoms with Gasteiger partial charge in [-0.1, -0.05) is 12.1 Å². The first-order chi connectivity index (χ1) is 12.7. The van der Waals surface area contributed by atoms with Crippen molar-refractivity contribution in [2.45, 2.75) is 32.2 Å². The maximum absolute atomic E-state index is 12.9. The number of anilines is 1. The highest BCUT2D eigenvalue weighted by atomic mass is 32.1. The minimum atomic E-state index is 0.0431. The van der Waals surface area contributed by atoms with Crippen LogP contribution in [0.2, 0.25) is 0 Å². The second kappa shape index (κ2) is 5.95. The zero-order valence-electron chi connectivity index (χ0n) is 14.5. The van der Waals surface area contributed by atoms with E-state index >= 15 is 0 Å². The number of aromatic nitrogens is 4. The molecule has 1 aromatic carbocycles. The van der Waals surface area contributed by atoms with Crippen molar-refractivity contribution >= 4 is 38.5 Å². The molecule has 0 saturated carbocycles. The van der Waals surface area contributed by atoms with Crippen LogP contribution in [0.15, 0.2) is 29.1 Å². The fourth-order valence-corrected chi connectivity index (χ4v) is 4.95. The Labute approximate surface area is 153 Å². The average Bonchev–Trinajstić information content (AvgIpc) is 3.24. The number of aromatic amines is 1. The topological polar surface area (TPSA) is 75.6 Å². The van der Waals surface area contributed by atoms with Crippen LogP contribution in [0.4, 0.5) is 5.95 Å². The van der Waals surface area contributed by atoms with Gasteiger partial charge in [0.2, 0.25) is 5.95 Å². The van der Waals surface area contributed by atoms with Crippen molar-refractivity contribution in [1.82, 2.24) is 19.5 Å². The highest BCUT2D eigenvalue weighted by Crippen LogP contribution is 2.34. The Morgan fingerprint density at radius 2 is 2.08 bits per heavy atom. The molecule has 1 aliphatic carbocycles. The first-order valence-corrected chi connectivity index (χ1v) is 9.71. The molecule has 5 rings (SSSR count). The van der Waals surface area contributed by atoms with Gasteiger partial charge in [0.1, 0.15) is 10.7 Å². The molecule has 0 atom stereocenters. The van der Waals surface area contributed by atoms with E-state index in [-0.39, 0.29) is 5.56 Å². The molecule has 4 aromatic rings. The summed E-state index contributed by atoms with van der Waals surface area (Å²) < 4.78 is 1.62. The second-order valence-electron chi connectivity index (χ2n) is 6.74. The number of nitrogens with zero attached hydrogens (tertiary/aromatic N) is 3. The first kappa shape index (κ1) is 15.6. The molecule has 0 amide bonds. The maximum Gasteiger partial charge on any atom is 0.263 e. The van der Waals surface area contributed by atoms with Crippen LogP contribution >= 0.6 is 11.3 Å². The fourth-order valence-electron chi connectivity index (χ4n) is 3.70. The molecule has 0 aliphatic heterocycles. The summed E-state index contributed by atoms with van der Waals surface area (Å²) in [6.07, 6.45) is 4.44. The number of rotatable bonds is 3. The molecular formula is C19H19N5OS. The molecule has 6 nitrogen and oxygen atoms in total. The zero-order valence-corrected chi connectivity index (χ0v) is 15.3. The summed E-state index contributed by atoms with van der Waals surface area (Å²) in [5, 5.41) is 4.09. The Morgan fingerprint density at radius 3 is 2.96 bits per heavy atom. The van der Waals surface area contributed by atoms with Gasteiger partial charge in [0, 0.05) is 11.9 Å². The minimum absolute atomic E-state index is 0.0431. The number of thiophene rings is 1. The molecule has 0 unspecified atom stereocenters. The van der Waals surface area contributed by atoms with Gasteiger partial charge in [0.05, 0.1) is 23.0 Å². The number of fused-ring (bicyclic) bond motifs is 4. The van der Waals surface area contributed by atoms with Crippen LogP contribution in [-0.2, 0) is 26.4 Å². The van der Waals surface area contributed by atoms with Crippen molar-refractivity contribution in [2.24, 2.45) is 7.05 Å². The molecular weight excluding hydrogens is 346 g/mol. The van der Waals surface area contributed by atoms with Gasteiger partial charge < -0.3 is 10.3 Å². The third kappa shape index (κ3) is 2.42. The van der Waals surface area contributed by atoms with Crippen LogP contribution in [0, 0.1) is 0 Å². The smallest absolute Gasteiger partial charge is 0.263 e. The van der Waals surface area contributed by atoms with E-state index in [0.717, 1.165) is 46.3 Å². The molecule has 3 heterocycles. The Kier molecular flexibility index (Phi) is 3.56. The summed E-state index contributed by atoms with van der Waals surface area (Å²) in [6.45, 7) is 0.492. The largest absolute Gasteiger partial charge is 0.348 e. The van der Waals surface area contributed by atoms with Crippen molar-refractivity contribution < 1.29 is 0 Å². The van der Waals surface area contributed by atoms with Crippen molar-refractivity contribution in [2.75, 3.05) is 5.32 Å². The van der Waals surface area contributed by atoms with Gasteiger partial charge in [-0.15, -0.1) is 11.3 Å². The van der Waals surface area contributed by atoms with Crippen LogP contribution in [0.5, 0.6) is 0 Å². The van der Waals surface area contributed by atoms with Gasteiger partial charge in [0.15, 0.2) is 0 Å². The summed E-state index contributed by atoms with van der Waals surface area (Å²) in [4.78, 5) is 27.7. The van der Waals surface area contributed by atoms with Crippen LogP contribution in [0.3, 0.4) is 0 Å². The highest BCUT2D eigenvalue weighted by molar-refractivity contribution is 7.18. The molecule has 3 aromatic heterocycles. The van der Waals surface area contributed by atoms with E-state index in [0.29, 0.717) is 12.5 Å². The monoisotopic (exact) mass is 365 g/mol. The Morgan fingerprint density at radius 1 is 1.23 bits per heavy atom. The molecule has 0 bridgehead atoms. The van der Waals surface area contributed by atoms with Crippen LogP contribution < -0.4 is 10.9 Å². The number of benzene rings is 1. The second-order valence-corrected chi connectivity index (χ2v) is 7.83. The lowest BCUT2D eigenvalue weighted by atomic mass is 9.97. The van der Waals surface area contributed by atoms with Gasteiger partial charge in [-0.05, 0) is 43.4 Å². The van der Waals surface area contributed by atoms with Crippen LogP contribution in [0.25, 0.3) is 21.3 Å². The highest BCUT2D eigenvalue weighted by Gasteiger charge is 2.21. The lowest BCUT2D eigenvalue weighted by molar-refractivity contribution is 0.699. The van der Waals surface area contributed by atoms with E-state index in [1.165, 1.54) is 16.9 Å². The van der Waals surface area contributed by atoms with Gasteiger partial charge in [-0.2, -0.15) is 0 Å². The number of nitrogens with one attached hydrogen (secondary N) is 2. The first-order valence-electron chi connectivity index (χ1n) is 8.89. The predicted octanol–water partition coefficient (Wildman–Crippen LogP) is 3.36. The number of hydrogen-bond donors (Lipinski definition) is 2. The summed E-state index contributed by atoms with van der Waals surface area (Å²) in [7, 11) is 1.78. The van der Waals surface area contributed by atoms with Crippen molar-refractivity contribution in [3.8, 4) is 0 Å². The fraction of sp³-hybridized carbons (Fsp3) is 0.316. The lowest BCUT2D eigenvalue weighted by Crippen LogP contribution is -2.22. The number of aryl methyl sites for hydroxylation is 2. The van der Waals surface area contributed by atoms with E-state index in [4.69, 9.17) is 4.98 Å². The normalized spacial score (nSPS) is 14.0. The molecule has 0 radical (unpaired) electrons. The third-order valence-corrected chi connectivity index (χ3v) is 6.23. The quantitative estimate of drug-likeness (QED) is 0.584. The molecule has 0 saturated heterocycles. The zero-order chi connectivity index (χ0) is 17.7. The molecule has 2 N–H and O–H groups in total. The molecule has 26 heavy (non-hydrogen) atoms. The van der Waals surface area contributed by atoms with Gasteiger partial charge in [0.25, 0.3) is 5.56 Å². The maximum atomic E-state index is 12.9. The Bertz CT molecular complexity index is 1150. The van der Waals surface area contributed by atoms with E-state index < -0.39 is 0 Å². The van der Waals surface area contributed by atoms with Gasteiger partial charge in [-0.3, -0.25) is 9.36 Å². The number of H-pyrrole nitrogens is 1. The summed E-state index contributed by atoms with van der Waals surface area (Å²) in [5.41, 5.74) is 3.22. The predicted molar refractivity (Wildman–Crippen MR) is 105 cm³/mol. The van der Waals surface area contributed by atoms with Crippen molar-refractivity contribution in [1.29, 1.82) is 0 Å². The number of para-hydroxylation sites is 2. The van der Waals surface area contributed by atoms with Crippen LogP contribution in [0.1, 0.15) is 29.1 Å². The summed E-state index contributed by atoms with van der Waals surface area (Å²) >= 11 is 1.67. The SMILES string of the molecule is Cn1c(NCc2nc3ccccc3[nH]2)nc2sc3c(c2c1=O)CCCC3. The van der Waals surface area contributed by atoms with E-state index in [1.807, 2.05) is 24.3 Å². The Hall–Kier alpha value is -2.67. The van der Waals surface area contributed by atoms with E-state index in [9.17, 15) is 4.79 Å². The standard InChI is InChI=1S/C19H19N5OS/c1-24-18(25)16-11-6-2-5-9-14(11)26-17(16)23-19(24)20-10-15-21-12-7-3-4-8-13(12)22-15/h3-4,7-8H,2,5-6,9-10H2,1H3,(H,20,23)(H,21,22). The molecule has 132 valence electrons. The molecule has 0 fully saturated rings. The van der Waals surface area contributed by atoms with E-state index in [2.05, 4.69) is 15.3 Å². The van der Waals surface area contributed by atoms with Crippen LogP contribution in [-0.4, -0.2) is 19.5 Å². The minimum Gasteiger partial charge on any atom is -0.348 e. The Balaban J connectivity index is 1.50. The molecule has 1 aliphatic rings. The summed E-state index contributed by atoms with van der Waals surface area (Å²) in [6, 6.07) is 7.93. The number of imidazole rings is 1.